The van der Waals surface area contributed by atoms with Crippen molar-refractivity contribution in [3.63, 3.8) is 0 Å². The second kappa shape index (κ2) is 7.74. The van der Waals surface area contributed by atoms with E-state index in [0.717, 1.165) is 49.7 Å². The van der Waals surface area contributed by atoms with Crippen molar-refractivity contribution in [2.75, 3.05) is 13.1 Å². The zero-order valence-electron chi connectivity index (χ0n) is 15.3. The molecule has 1 amide bonds. The number of rotatable bonds is 3. The fourth-order valence-corrected chi connectivity index (χ4v) is 3.72. The Morgan fingerprint density at radius 3 is 2.44 bits per heavy atom. The number of likely N-dealkylation sites (tertiary alicyclic amines) is 1. The van der Waals surface area contributed by atoms with Crippen molar-refractivity contribution in [3.05, 3.63) is 76.2 Å². The van der Waals surface area contributed by atoms with Gasteiger partial charge in [0.2, 0.25) is 0 Å². The summed E-state index contributed by atoms with van der Waals surface area (Å²) in [6.45, 7) is 1.85. The monoisotopic (exact) mass is 361 g/mol. The van der Waals surface area contributed by atoms with Crippen LogP contribution in [-0.2, 0) is 6.54 Å². The van der Waals surface area contributed by atoms with Gasteiger partial charge in [0.15, 0.2) is 0 Å². The van der Waals surface area contributed by atoms with Crippen LogP contribution in [-0.4, -0.2) is 33.4 Å². The Morgan fingerprint density at radius 2 is 1.70 bits per heavy atom. The Hall–Kier alpha value is -2.95. The first-order valence-electron chi connectivity index (χ1n) is 9.56. The van der Waals surface area contributed by atoms with Crippen LogP contribution in [0.3, 0.4) is 0 Å². The molecule has 138 valence electrons. The molecule has 0 radical (unpaired) electrons. The number of benzene rings is 1. The van der Waals surface area contributed by atoms with Crippen molar-refractivity contribution < 1.29 is 4.79 Å². The lowest BCUT2D eigenvalue weighted by Crippen LogP contribution is -2.37. The van der Waals surface area contributed by atoms with Crippen molar-refractivity contribution in [2.24, 2.45) is 0 Å². The normalized spacial score (nSPS) is 14.9. The molecule has 1 saturated heterocycles. The quantitative estimate of drug-likeness (QED) is 0.718. The molecule has 5 nitrogen and oxygen atoms in total. The summed E-state index contributed by atoms with van der Waals surface area (Å²) in [6, 6.07) is 15.2. The molecule has 2 aromatic heterocycles. The van der Waals surface area contributed by atoms with Crippen LogP contribution in [0.4, 0.5) is 0 Å². The maximum absolute atomic E-state index is 13.2. The van der Waals surface area contributed by atoms with Crippen molar-refractivity contribution in [1.29, 1.82) is 0 Å². The lowest BCUT2D eigenvalue weighted by Gasteiger charge is -2.21. The third-order valence-electron chi connectivity index (χ3n) is 5.16. The standard InChI is InChI=1S/C22H23N3O2/c26-21(24-13-6-1-2-7-14-24)19-15-18-11-8-12-23-20(18)25(22(19)27)16-17-9-4-3-5-10-17/h3-5,8-12,15H,1-2,6-7,13-14,16H2. The number of carbonyl (C=O) groups excluding carboxylic acids is 1. The van der Waals surface area contributed by atoms with Gasteiger partial charge in [-0.05, 0) is 36.6 Å². The molecule has 0 unspecified atom stereocenters. The van der Waals surface area contributed by atoms with E-state index in [1.165, 1.54) is 0 Å². The molecule has 27 heavy (non-hydrogen) atoms. The molecule has 5 heteroatoms. The zero-order valence-corrected chi connectivity index (χ0v) is 15.3. The minimum absolute atomic E-state index is 0.158. The molecule has 1 fully saturated rings. The number of pyridine rings is 2. The fraction of sp³-hybridized carbons (Fsp3) is 0.318. The van der Waals surface area contributed by atoms with Gasteiger partial charge in [0.05, 0.1) is 6.54 Å². The molecule has 0 saturated carbocycles. The Kier molecular flexibility index (Phi) is 5.01. The van der Waals surface area contributed by atoms with E-state index in [2.05, 4.69) is 4.98 Å². The van der Waals surface area contributed by atoms with Crippen LogP contribution in [0.5, 0.6) is 0 Å². The minimum atomic E-state index is -0.265. The fourth-order valence-electron chi connectivity index (χ4n) is 3.72. The minimum Gasteiger partial charge on any atom is -0.338 e. The number of hydrogen-bond acceptors (Lipinski definition) is 3. The summed E-state index contributed by atoms with van der Waals surface area (Å²) in [7, 11) is 0. The van der Waals surface area contributed by atoms with E-state index in [4.69, 9.17) is 0 Å². The van der Waals surface area contributed by atoms with Gasteiger partial charge in [-0.3, -0.25) is 14.2 Å². The van der Waals surface area contributed by atoms with Crippen LogP contribution < -0.4 is 5.56 Å². The molecule has 1 aromatic carbocycles. The molecule has 0 spiro atoms. The average Bonchev–Trinajstić information content (AvgIpc) is 3.00. The highest BCUT2D eigenvalue weighted by atomic mass is 16.2. The van der Waals surface area contributed by atoms with E-state index in [0.29, 0.717) is 12.2 Å². The van der Waals surface area contributed by atoms with Gasteiger partial charge < -0.3 is 4.90 Å². The Labute approximate surface area is 158 Å². The lowest BCUT2D eigenvalue weighted by molar-refractivity contribution is 0.0759. The first-order valence-corrected chi connectivity index (χ1v) is 9.56. The first-order chi connectivity index (χ1) is 13.2. The van der Waals surface area contributed by atoms with Crippen LogP contribution >= 0.6 is 0 Å². The Bertz CT molecular complexity index is 1000. The average molecular weight is 361 g/mol. The molecule has 0 bridgehead atoms. The van der Waals surface area contributed by atoms with Crippen molar-refractivity contribution >= 4 is 16.9 Å². The maximum Gasteiger partial charge on any atom is 0.265 e. The third kappa shape index (κ3) is 3.63. The first kappa shape index (κ1) is 17.5. The molecular formula is C22H23N3O2. The Balaban J connectivity index is 1.80. The summed E-state index contributed by atoms with van der Waals surface area (Å²) in [5, 5.41) is 0.811. The van der Waals surface area contributed by atoms with E-state index in [1.807, 2.05) is 47.4 Å². The highest BCUT2D eigenvalue weighted by Gasteiger charge is 2.22. The molecule has 0 atom stereocenters. The SMILES string of the molecule is O=C(c1cc2cccnc2n(Cc2ccccc2)c1=O)N1CCCCCC1. The maximum atomic E-state index is 13.2. The van der Waals surface area contributed by atoms with Gasteiger partial charge >= 0.3 is 0 Å². The number of amides is 1. The number of carbonyl (C=O) groups is 1. The number of nitrogens with zero attached hydrogens (tertiary/aromatic N) is 3. The molecule has 0 N–H and O–H groups in total. The lowest BCUT2D eigenvalue weighted by atomic mass is 10.1. The van der Waals surface area contributed by atoms with Crippen LogP contribution in [0.1, 0.15) is 41.6 Å². The van der Waals surface area contributed by atoms with Gasteiger partial charge in [-0.15, -0.1) is 0 Å². The molecule has 3 heterocycles. The molecule has 0 aliphatic carbocycles. The van der Waals surface area contributed by atoms with Crippen molar-refractivity contribution in [1.82, 2.24) is 14.5 Å². The summed E-state index contributed by atoms with van der Waals surface area (Å²) >= 11 is 0. The summed E-state index contributed by atoms with van der Waals surface area (Å²) < 4.78 is 1.62. The predicted molar refractivity (Wildman–Crippen MR) is 106 cm³/mol. The second-order valence-corrected chi connectivity index (χ2v) is 7.06. The third-order valence-corrected chi connectivity index (χ3v) is 5.16. The highest BCUT2D eigenvalue weighted by molar-refractivity contribution is 5.97. The van der Waals surface area contributed by atoms with Gasteiger partial charge in [0.25, 0.3) is 11.5 Å². The summed E-state index contributed by atoms with van der Waals surface area (Å²) in [6.07, 6.45) is 5.96. The van der Waals surface area contributed by atoms with Crippen molar-refractivity contribution in [2.45, 2.75) is 32.2 Å². The van der Waals surface area contributed by atoms with Gasteiger partial charge in [0.1, 0.15) is 11.2 Å². The summed E-state index contributed by atoms with van der Waals surface area (Å²) in [5.41, 5.74) is 1.59. The van der Waals surface area contributed by atoms with Crippen LogP contribution in [0.25, 0.3) is 11.0 Å². The van der Waals surface area contributed by atoms with E-state index >= 15 is 0 Å². The van der Waals surface area contributed by atoms with E-state index in [9.17, 15) is 9.59 Å². The van der Waals surface area contributed by atoms with E-state index < -0.39 is 0 Å². The number of fused-ring (bicyclic) bond motifs is 1. The topological polar surface area (TPSA) is 55.2 Å². The molecule has 1 aliphatic heterocycles. The molecule has 4 rings (SSSR count). The molecular weight excluding hydrogens is 338 g/mol. The van der Waals surface area contributed by atoms with Crippen LogP contribution in [0.15, 0.2) is 59.5 Å². The van der Waals surface area contributed by atoms with E-state index in [1.54, 1.807) is 16.8 Å². The zero-order chi connectivity index (χ0) is 18.6. The van der Waals surface area contributed by atoms with Gasteiger partial charge in [-0.25, -0.2) is 4.98 Å². The summed E-state index contributed by atoms with van der Waals surface area (Å²) in [5.74, 6) is -0.158. The second-order valence-electron chi connectivity index (χ2n) is 7.06. The molecule has 3 aromatic rings. The smallest absolute Gasteiger partial charge is 0.265 e. The van der Waals surface area contributed by atoms with Crippen molar-refractivity contribution in [3.8, 4) is 0 Å². The van der Waals surface area contributed by atoms with Gasteiger partial charge in [0, 0.05) is 24.7 Å². The summed E-state index contributed by atoms with van der Waals surface area (Å²) in [4.78, 5) is 32.6. The number of hydrogen-bond donors (Lipinski definition) is 0. The highest BCUT2D eigenvalue weighted by Crippen LogP contribution is 2.16. The van der Waals surface area contributed by atoms with Gasteiger partial charge in [-0.1, -0.05) is 43.2 Å². The predicted octanol–water partition coefficient (Wildman–Crippen LogP) is 3.46. The largest absolute Gasteiger partial charge is 0.338 e. The van der Waals surface area contributed by atoms with Crippen LogP contribution in [0, 0.1) is 0 Å². The van der Waals surface area contributed by atoms with Crippen LogP contribution in [0.2, 0.25) is 0 Å². The van der Waals surface area contributed by atoms with E-state index in [-0.39, 0.29) is 17.0 Å². The Morgan fingerprint density at radius 1 is 0.963 bits per heavy atom. The van der Waals surface area contributed by atoms with Gasteiger partial charge in [-0.2, -0.15) is 0 Å². The molecule has 1 aliphatic rings. The number of aromatic nitrogens is 2.